The van der Waals surface area contributed by atoms with Crippen LogP contribution < -0.4 is 20.9 Å². The average Bonchev–Trinajstić information content (AvgIpc) is 3.55. The summed E-state index contributed by atoms with van der Waals surface area (Å²) in [5.74, 6) is 0.729. The average molecular weight is 531 g/mol. The van der Waals surface area contributed by atoms with Gasteiger partial charge in [0.05, 0.1) is 11.3 Å². The Balaban J connectivity index is 0.000000451. The Morgan fingerprint density at radius 1 is 1.26 bits per heavy atom. The largest absolute Gasteiger partial charge is 0.366 e. The molecule has 0 bridgehead atoms. The third kappa shape index (κ3) is 10.4. The number of anilines is 2. The van der Waals surface area contributed by atoms with Crippen molar-refractivity contribution in [3.8, 4) is 6.07 Å². The van der Waals surface area contributed by atoms with Crippen molar-refractivity contribution < 1.29 is 4.79 Å². The lowest BCUT2D eigenvalue weighted by Crippen LogP contribution is -2.37. The summed E-state index contributed by atoms with van der Waals surface area (Å²) in [5.41, 5.74) is 3.27. The van der Waals surface area contributed by atoms with Crippen molar-refractivity contribution in [2.45, 2.75) is 45.6 Å². The minimum Gasteiger partial charge on any atom is -0.366 e. The van der Waals surface area contributed by atoms with E-state index in [-0.39, 0.29) is 0 Å². The Kier molecular flexibility index (Phi) is 14.8. The highest BCUT2D eigenvalue weighted by molar-refractivity contribution is 5.85. The molecule has 2 aliphatic rings. The highest BCUT2D eigenvalue weighted by Gasteiger charge is 2.18. The number of aromatic nitrogens is 1. The fourth-order valence-corrected chi connectivity index (χ4v) is 4.25. The Labute approximate surface area is 233 Å². The molecule has 4 rings (SSSR count). The minimum atomic E-state index is 0.346. The highest BCUT2D eigenvalue weighted by atomic mass is 16.1. The van der Waals surface area contributed by atoms with Crippen LogP contribution in [0.2, 0.25) is 0 Å². The molecule has 3 heterocycles. The quantitative estimate of drug-likeness (QED) is 0.322. The summed E-state index contributed by atoms with van der Waals surface area (Å²) in [4.78, 5) is 25.8. The molecule has 2 aromatic rings. The number of piperidine rings is 1. The molecule has 0 radical (unpaired) electrons. The molecule has 3 N–H and O–H groups in total. The van der Waals surface area contributed by atoms with Crippen LogP contribution >= 0.6 is 0 Å². The van der Waals surface area contributed by atoms with Crippen molar-refractivity contribution in [2.75, 3.05) is 50.1 Å². The number of carbonyl (C=O) groups is 1. The van der Waals surface area contributed by atoms with Crippen LogP contribution in [-0.2, 0) is 0 Å². The van der Waals surface area contributed by atoms with E-state index in [9.17, 15) is 10.1 Å². The zero-order valence-corrected chi connectivity index (χ0v) is 23.5. The van der Waals surface area contributed by atoms with Crippen LogP contribution in [0.3, 0.4) is 0 Å². The van der Waals surface area contributed by atoms with Crippen LogP contribution in [0.5, 0.6) is 0 Å². The number of aliphatic imine (C=N–C) groups is 2. The summed E-state index contributed by atoms with van der Waals surface area (Å²) in [7, 11) is 2.04. The van der Waals surface area contributed by atoms with Gasteiger partial charge in [0.15, 0.2) is 0 Å². The molecule has 39 heavy (non-hydrogen) atoms. The Morgan fingerprint density at radius 3 is 2.62 bits per heavy atom. The van der Waals surface area contributed by atoms with E-state index in [2.05, 4.69) is 48.6 Å². The van der Waals surface area contributed by atoms with Gasteiger partial charge in [0.2, 0.25) is 0 Å². The second-order valence-electron chi connectivity index (χ2n) is 8.83. The number of hydrogen-bond donors (Lipinski definition) is 3. The lowest BCUT2D eigenvalue weighted by atomic mass is 10.1. The molecule has 9 nitrogen and oxygen atoms in total. The zero-order chi connectivity index (χ0) is 28.3. The second-order valence-corrected chi connectivity index (χ2v) is 8.83. The maximum atomic E-state index is 10.8. The molecule has 0 atom stereocenters. The van der Waals surface area contributed by atoms with Crippen molar-refractivity contribution in [1.29, 1.82) is 5.26 Å². The number of pyridine rings is 1. The number of aldehydes is 1. The van der Waals surface area contributed by atoms with Crippen LogP contribution in [0.4, 0.5) is 11.5 Å². The van der Waals surface area contributed by atoms with Crippen molar-refractivity contribution in [3.63, 3.8) is 0 Å². The van der Waals surface area contributed by atoms with E-state index >= 15 is 0 Å². The van der Waals surface area contributed by atoms with Crippen LogP contribution in [0.15, 0.2) is 52.6 Å². The molecule has 2 fully saturated rings. The first-order chi connectivity index (χ1) is 19.2. The third-order valence-electron chi connectivity index (χ3n) is 6.34. The summed E-state index contributed by atoms with van der Waals surface area (Å²) < 4.78 is 0. The normalized spacial score (nSPS) is 15.4. The second kappa shape index (κ2) is 18.4. The topological polar surface area (TPSA) is 118 Å². The highest BCUT2D eigenvalue weighted by Crippen LogP contribution is 2.25. The van der Waals surface area contributed by atoms with E-state index in [0.717, 1.165) is 55.3 Å². The fourth-order valence-electron chi connectivity index (χ4n) is 4.25. The predicted octanol–water partition coefficient (Wildman–Crippen LogP) is 4.53. The smallest absolute Gasteiger partial charge is 0.150 e. The molecule has 1 aromatic carbocycles. The SMILES string of the molecule is C=N/C(=C\C=N/CNc1cccc(C=O)c1)c1cnc(N2CCCC2)c(C#N)c1.CC.CNC1CCNCC1. The molecule has 9 heteroatoms. The van der Waals surface area contributed by atoms with Gasteiger partial charge in [-0.15, -0.1) is 0 Å². The van der Waals surface area contributed by atoms with Gasteiger partial charge in [0.1, 0.15) is 24.8 Å². The van der Waals surface area contributed by atoms with Gasteiger partial charge in [-0.25, -0.2) is 4.98 Å². The van der Waals surface area contributed by atoms with Crippen molar-refractivity contribution >= 4 is 36.4 Å². The number of nitriles is 1. The Hall–Kier alpha value is -3.87. The monoisotopic (exact) mass is 530 g/mol. The summed E-state index contributed by atoms with van der Waals surface area (Å²) >= 11 is 0. The maximum absolute atomic E-state index is 10.8. The van der Waals surface area contributed by atoms with Gasteiger partial charge < -0.3 is 20.9 Å². The van der Waals surface area contributed by atoms with Gasteiger partial charge in [-0.05, 0) is 76.8 Å². The first-order valence-electron chi connectivity index (χ1n) is 13.7. The number of rotatable bonds is 9. The minimum absolute atomic E-state index is 0.346. The summed E-state index contributed by atoms with van der Waals surface area (Å²) in [6.07, 6.45) is 10.7. The molecule has 1 aromatic heterocycles. The first kappa shape index (κ1) is 31.3. The summed E-state index contributed by atoms with van der Waals surface area (Å²) in [5, 5.41) is 19.2. The lowest BCUT2D eigenvalue weighted by Gasteiger charge is -2.21. The number of benzene rings is 1. The van der Waals surface area contributed by atoms with Crippen molar-refractivity contribution in [2.24, 2.45) is 9.98 Å². The van der Waals surface area contributed by atoms with Crippen LogP contribution in [-0.4, -0.2) is 70.1 Å². The molecule has 0 spiro atoms. The Morgan fingerprint density at radius 2 is 2.00 bits per heavy atom. The molecular formula is C30H42N8O. The van der Waals surface area contributed by atoms with Gasteiger partial charge in [-0.3, -0.25) is 14.8 Å². The fraction of sp³-hybridized carbons (Fsp3) is 0.433. The van der Waals surface area contributed by atoms with E-state index < -0.39 is 0 Å². The molecule has 0 aliphatic carbocycles. The van der Waals surface area contributed by atoms with Gasteiger partial charge in [-0.1, -0.05) is 26.0 Å². The molecule has 0 unspecified atom stereocenters. The first-order valence-corrected chi connectivity index (χ1v) is 13.7. The van der Waals surface area contributed by atoms with E-state index in [0.29, 0.717) is 23.5 Å². The van der Waals surface area contributed by atoms with E-state index in [1.165, 1.54) is 25.9 Å². The summed E-state index contributed by atoms with van der Waals surface area (Å²) in [6.45, 7) is 12.2. The molecule has 0 saturated carbocycles. The number of carbonyl (C=O) groups excluding carboxylic acids is 1. The van der Waals surface area contributed by atoms with Crippen LogP contribution in [0, 0.1) is 11.3 Å². The van der Waals surface area contributed by atoms with Gasteiger partial charge >= 0.3 is 0 Å². The summed E-state index contributed by atoms with van der Waals surface area (Å²) in [6, 6.07) is 12.0. The van der Waals surface area contributed by atoms with Gasteiger partial charge in [0.25, 0.3) is 0 Å². The van der Waals surface area contributed by atoms with E-state index in [1.54, 1.807) is 42.8 Å². The molecule has 2 aliphatic heterocycles. The Bertz CT molecular complexity index is 1130. The van der Waals surface area contributed by atoms with Crippen LogP contribution in [0.25, 0.3) is 5.70 Å². The van der Waals surface area contributed by atoms with Crippen molar-refractivity contribution in [3.05, 3.63) is 59.3 Å². The lowest BCUT2D eigenvalue weighted by molar-refractivity contribution is 0.112. The van der Waals surface area contributed by atoms with Crippen molar-refractivity contribution in [1.82, 2.24) is 15.6 Å². The molecule has 2 saturated heterocycles. The zero-order valence-electron chi connectivity index (χ0n) is 23.5. The number of nitrogens with zero attached hydrogens (tertiary/aromatic N) is 5. The van der Waals surface area contributed by atoms with Gasteiger partial charge in [-0.2, -0.15) is 5.26 Å². The maximum Gasteiger partial charge on any atom is 0.150 e. The third-order valence-corrected chi connectivity index (χ3v) is 6.34. The predicted molar refractivity (Wildman–Crippen MR) is 163 cm³/mol. The van der Waals surface area contributed by atoms with Gasteiger partial charge in [0, 0.05) is 48.4 Å². The number of nitrogens with one attached hydrogen (secondary N) is 3. The molecule has 208 valence electrons. The van der Waals surface area contributed by atoms with E-state index in [1.807, 2.05) is 27.0 Å². The molecule has 0 amide bonds. The number of hydrogen-bond acceptors (Lipinski definition) is 9. The van der Waals surface area contributed by atoms with E-state index in [4.69, 9.17) is 0 Å². The van der Waals surface area contributed by atoms with Crippen LogP contribution in [0.1, 0.15) is 61.0 Å². The molecular weight excluding hydrogens is 488 g/mol. The number of allylic oxidation sites excluding steroid dienone is 1. The standard InChI is InChI=1S/C22H22N6O.C6H14N2.C2H6/c1-24-21(7-8-25-16-27-20-6-4-5-17(11-20)15-29)19-12-18(13-23)22(26-14-19)28-9-2-3-10-28;1-7-6-2-4-8-5-3-6;1-2/h4-8,11-12,14-15,27H,1-3,9-10,16H2;6-8H,2-5H2,1H3;1-2H3/b21-7-,25-8-;;.